The van der Waals surface area contributed by atoms with E-state index in [9.17, 15) is 0 Å². The van der Waals surface area contributed by atoms with Crippen molar-refractivity contribution in [1.29, 1.82) is 0 Å². The summed E-state index contributed by atoms with van der Waals surface area (Å²) in [6.45, 7) is 2.61. The second kappa shape index (κ2) is 5.24. The normalized spacial score (nSPS) is 10.6. The summed E-state index contributed by atoms with van der Waals surface area (Å²) in [6, 6.07) is 7.93. The van der Waals surface area contributed by atoms with Gasteiger partial charge in [0.25, 0.3) is 0 Å². The molecule has 3 aromatic rings. The van der Waals surface area contributed by atoms with Crippen LogP contribution < -0.4 is 5.32 Å². The van der Waals surface area contributed by atoms with Crippen LogP contribution >= 0.6 is 11.3 Å². The Balaban J connectivity index is 1.68. The molecular formula is C14H13N3OS. The molecule has 0 aromatic carbocycles. The molecule has 19 heavy (non-hydrogen) atoms. The lowest BCUT2D eigenvalue weighted by atomic mass is 10.3. The maximum atomic E-state index is 5.47. The molecule has 3 aromatic heterocycles. The predicted octanol–water partition coefficient (Wildman–Crippen LogP) is 3.72. The van der Waals surface area contributed by atoms with Crippen molar-refractivity contribution in [3.05, 3.63) is 53.5 Å². The van der Waals surface area contributed by atoms with Crippen LogP contribution in [0.15, 0.2) is 46.5 Å². The first-order valence-electron chi connectivity index (χ1n) is 5.96. The van der Waals surface area contributed by atoms with Gasteiger partial charge in [-0.2, -0.15) is 0 Å². The molecule has 3 heterocycles. The molecule has 0 fully saturated rings. The van der Waals surface area contributed by atoms with Gasteiger partial charge in [0.05, 0.1) is 17.1 Å². The van der Waals surface area contributed by atoms with Crippen LogP contribution in [0.1, 0.15) is 11.4 Å². The van der Waals surface area contributed by atoms with E-state index < -0.39 is 0 Å². The molecule has 0 aliphatic heterocycles. The summed E-state index contributed by atoms with van der Waals surface area (Å²) in [4.78, 5) is 9.66. The number of aryl methyl sites for hydroxylation is 1. The van der Waals surface area contributed by atoms with Crippen LogP contribution in [-0.2, 0) is 6.54 Å². The molecule has 96 valence electrons. The lowest BCUT2D eigenvalue weighted by Crippen LogP contribution is -2.00. The summed E-state index contributed by atoms with van der Waals surface area (Å²) in [5.74, 6) is 0.678. The van der Waals surface area contributed by atoms with E-state index in [0.29, 0.717) is 12.4 Å². The second-order valence-corrected chi connectivity index (χ2v) is 5.11. The fourth-order valence-corrected chi connectivity index (χ4v) is 2.41. The van der Waals surface area contributed by atoms with Gasteiger partial charge >= 0.3 is 0 Å². The number of aromatic nitrogens is 2. The Hall–Kier alpha value is -2.14. The van der Waals surface area contributed by atoms with Crippen molar-refractivity contribution in [3.8, 4) is 10.8 Å². The zero-order valence-electron chi connectivity index (χ0n) is 10.5. The van der Waals surface area contributed by atoms with E-state index in [4.69, 9.17) is 4.42 Å². The molecule has 0 saturated carbocycles. The number of hydrogen-bond acceptors (Lipinski definition) is 5. The molecule has 0 amide bonds. The number of thiophene rings is 1. The Kier molecular flexibility index (Phi) is 3.29. The molecule has 0 aliphatic carbocycles. The smallest absolute Gasteiger partial charge is 0.236 e. The highest BCUT2D eigenvalue weighted by Crippen LogP contribution is 2.23. The third-order valence-electron chi connectivity index (χ3n) is 2.65. The number of pyridine rings is 1. The molecule has 1 N–H and O–H groups in total. The Morgan fingerprint density at radius 1 is 1.37 bits per heavy atom. The minimum atomic E-state index is 0.637. The Labute approximate surface area is 115 Å². The molecule has 0 aliphatic rings. The summed E-state index contributed by atoms with van der Waals surface area (Å²) in [6.07, 6.45) is 3.48. The number of nitrogens with one attached hydrogen (secondary N) is 1. The van der Waals surface area contributed by atoms with Crippen LogP contribution in [0.25, 0.3) is 10.8 Å². The number of rotatable bonds is 4. The molecule has 0 radical (unpaired) electrons. The summed E-state index contributed by atoms with van der Waals surface area (Å²) in [7, 11) is 0. The largest absolute Gasteiger partial charge is 0.443 e. The minimum absolute atomic E-state index is 0.637. The van der Waals surface area contributed by atoms with Crippen molar-refractivity contribution < 1.29 is 4.42 Å². The van der Waals surface area contributed by atoms with Crippen molar-refractivity contribution >= 4 is 17.0 Å². The zero-order valence-corrected chi connectivity index (χ0v) is 11.3. The van der Waals surface area contributed by atoms with Crippen molar-refractivity contribution in [3.63, 3.8) is 0 Å². The highest BCUT2D eigenvalue weighted by atomic mass is 32.1. The first kappa shape index (κ1) is 11.9. The molecule has 0 spiro atoms. The lowest BCUT2D eigenvalue weighted by Gasteiger charge is -2.03. The van der Waals surface area contributed by atoms with Crippen molar-refractivity contribution in [2.45, 2.75) is 13.5 Å². The molecule has 5 heteroatoms. The average molecular weight is 271 g/mol. The lowest BCUT2D eigenvalue weighted by molar-refractivity contribution is 0.574. The summed E-state index contributed by atoms with van der Waals surface area (Å²) >= 11 is 1.62. The van der Waals surface area contributed by atoms with Gasteiger partial charge in [0.2, 0.25) is 5.89 Å². The highest BCUT2D eigenvalue weighted by Gasteiger charge is 2.07. The minimum Gasteiger partial charge on any atom is -0.443 e. The number of anilines is 1. The van der Waals surface area contributed by atoms with Crippen LogP contribution in [0.3, 0.4) is 0 Å². The summed E-state index contributed by atoms with van der Waals surface area (Å²) in [5, 5.41) is 5.31. The highest BCUT2D eigenvalue weighted by molar-refractivity contribution is 7.13. The Morgan fingerprint density at radius 2 is 2.32 bits per heavy atom. The van der Waals surface area contributed by atoms with Crippen LogP contribution in [0.4, 0.5) is 5.69 Å². The van der Waals surface area contributed by atoms with Gasteiger partial charge in [0, 0.05) is 17.6 Å². The molecule has 0 saturated heterocycles. The van der Waals surface area contributed by atoms with Crippen LogP contribution in [0, 0.1) is 6.92 Å². The molecular weight excluding hydrogens is 258 g/mol. The van der Waals surface area contributed by atoms with Crippen molar-refractivity contribution in [2.75, 3.05) is 5.32 Å². The first-order valence-corrected chi connectivity index (χ1v) is 6.84. The first-order chi connectivity index (χ1) is 9.31. The molecule has 3 rings (SSSR count). The van der Waals surface area contributed by atoms with Gasteiger partial charge in [-0.15, -0.1) is 11.3 Å². The van der Waals surface area contributed by atoms with Crippen LogP contribution in [-0.4, -0.2) is 9.97 Å². The van der Waals surface area contributed by atoms with Gasteiger partial charge in [-0.05, 0) is 30.5 Å². The van der Waals surface area contributed by atoms with E-state index in [-0.39, 0.29) is 0 Å². The zero-order chi connectivity index (χ0) is 13.1. The molecule has 0 unspecified atom stereocenters. The monoisotopic (exact) mass is 271 g/mol. The Morgan fingerprint density at radius 3 is 3.11 bits per heavy atom. The van der Waals surface area contributed by atoms with Gasteiger partial charge in [-0.1, -0.05) is 6.07 Å². The van der Waals surface area contributed by atoms with Crippen molar-refractivity contribution in [2.24, 2.45) is 0 Å². The maximum Gasteiger partial charge on any atom is 0.236 e. The summed E-state index contributed by atoms with van der Waals surface area (Å²) in [5.41, 5.74) is 2.91. The maximum absolute atomic E-state index is 5.47. The van der Waals surface area contributed by atoms with Crippen LogP contribution in [0.5, 0.6) is 0 Å². The number of hydrogen-bond donors (Lipinski definition) is 1. The summed E-state index contributed by atoms with van der Waals surface area (Å²) < 4.78 is 5.47. The fraction of sp³-hybridized carbons (Fsp3) is 0.143. The third-order valence-corrected chi connectivity index (χ3v) is 3.51. The van der Waals surface area contributed by atoms with Crippen LogP contribution in [0.2, 0.25) is 0 Å². The molecule has 0 bridgehead atoms. The SMILES string of the molecule is Cc1cc(NCc2coc(-c3cccs3)n2)ccn1. The van der Waals surface area contributed by atoms with Gasteiger partial charge in [-0.3, -0.25) is 4.98 Å². The van der Waals surface area contributed by atoms with Gasteiger partial charge in [0.1, 0.15) is 6.26 Å². The number of oxazole rings is 1. The van der Waals surface area contributed by atoms with E-state index >= 15 is 0 Å². The topological polar surface area (TPSA) is 51.0 Å². The van der Waals surface area contributed by atoms with E-state index in [1.165, 1.54) is 0 Å². The second-order valence-electron chi connectivity index (χ2n) is 4.16. The van der Waals surface area contributed by atoms with Crippen molar-refractivity contribution in [1.82, 2.24) is 9.97 Å². The average Bonchev–Trinajstić information content (AvgIpc) is 3.07. The van der Waals surface area contributed by atoms with E-state index in [1.807, 2.05) is 36.6 Å². The standard InChI is InChI=1S/C14H13N3OS/c1-10-7-11(4-5-15-10)16-8-12-9-18-14(17-12)13-3-2-6-19-13/h2-7,9H,8H2,1H3,(H,15,16). The third kappa shape index (κ3) is 2.82. The van der Waals surface area contributed by atoms with E-state index in [1.54, 1.807) is 23.8 Å². The molecule has 0 atom stereocenters. The van der Waals surface area contributed by atoms with Gasteiger partial charge in [0.15, 0.2) is 0 Å². The number of nitrogens with zero attached hydrogens (tertiary/aromatic N) is 2. The predicted molar refractivity (Wildman–Crippen MR) is 76.1 cm³/mol. The fourth-order valence-electron chi connectivity index (χ4n) is 1.75. The Bertz CT molecular complexity index is 661. The quantitative estimate of drug-likeness (QED) is 0.785. The van der Waals surface area contributed by atoms with Gasteiger partial charge in [-0.25, -0.2) is 4.98 Å². The molecule has 4 nitrogen and oxygen atoms in total. The van der Waals surface area contributed by atoms with E-state index in [0.717, 1.165) is 22.0 Å². The van der Waals surface area contributed by atoms with Gasteiger partial charge < -0.3 is 9.73 Å². The van der Waals surface area contributed by atoms with E-state index in [2.05, 4.69) is 15.3 Å².